The molecule has 4 heteroatoms. The molecular formula is C13H18BrNOS. The van der Waals surface area contributed by atoms with E-state index in [4.69, 9.17) is 22.7 Å². The Kier molecular flexibility index (Phi) is 5.92. The first-order valence-corrected chi connectivity index (χ1v) is 6.93. The standard InChI is InChI=1S/C13H18BrNOS/c1-9(2)4-3-7-16-12-6-5-10(13(15)17)8-11(12)14/h5-6,8-9H,3-4,7H2,1-2H3,(H2,15,17). The maximum atomic E-state index is 5.69. The lowest BCUT2D eigenvalue weighted by molar-refractivity contribution is 0.296. The summed E-state index contributed by atoms with van der Waals surface area (Å²) in [5.74, 6) is 1.56. The predicted molar refractivity (Wildman–Crippen MR) is 79.6 cm³/mol. The van der Waals surface area contributed by atoms with Crippen molar-refractivity contribution in [2.75, 3.05) is 6.61 Å². The molecule has 0 radical (unpaired) electrons. The van der Waals surface area contributed by atoms with Crippen LogP contribution in [0.15, 0.2) is 22.7 Å². The number of thiocarbonyl (C=S) groups is 1. The molecule has 0 spiro atoms. The molecule has 0 aliphatic carbocycles. The number of benzene rings is 1. The minimum absolute atomic E-state index is 0.400. The first-order chi connectivity index (χ1) is 8.00. The molecule has 2 N–H and O–H groups in total. The highest BCUT2D eigenvalue weighted by molar-refractivity contribution is 9.10. The Bertz CT molecular complexity index is 393. The van der Waals surface area contributed by atoms with Crippen molar-refractivity contribution in [3.63, 3.8) is 0 Å². The van der Waals surface area contributed by atoms with Gasteiger partial charge in [-0.25, -0.2) is 0 Å². The Balaban J connectivity index is 2.52. The maximum absolute atomic E-state index is 5.69. The molecule has 0 atom stereocenters. The molecule has 0 heterocycles. The van der Waals surface area contributed by atoms with Gasteiger partial charge >= 0.3 is 0 Å². The normalized spacial score (nSPS) is 10.6. The summed E-state index contributed by atoms with van der Waals surface area (Å²) in [7, 11) is 0. The summed E-state index contributed by atoms with van der Waals surface area (Å²) in [6, 6.07) is 5.67. The summed E-state index contributed by atoms with van der Waals surface area (Å²) >= 11 is 8.37. The molecule has 0 aromatic heterocycles. The zero-order valence-corrected chi connectivity index (χ0v) is 12.6. The van der Waals surface area contributed by atoms with Crippen LogP contribution in [0.25, 0.3) is 0 Å². The van der Waals surface area contributed by atoms with Crippen LogP contribution in [0.2, 0.25) is 0 Å². The first-order valence-electron chi connectivity index (χ1n) is 5.73. The van der Waals surface area contributed by atoms with Crippen LogP contribution in [0.1, 0.15) is 32.3 Å². The number of hydrogen-bond donors (Lipinski definition) is 1. The minimum Gasteiger partial charge on any atom is -0.492 e. The Labute approximate surface area is 117 Å². The second-order valence-electron chi connectivity index (χ2n) is 4.39. The van der Waals surface area contributed by atoms with Gasteiger partial charge in [0, 0.05) is 5.56 Å². The average Bonchev–Trinajstić information content (AvgIpc) is 2.25. The number of halogens is 1. The van der Waals surface area contributed by atoms with Gasteiger partial charge in [-0.1, -0.05) is 26.1 Å². The zero-order valence-electron chi connectivity index (χ0n) is 10.2. The number of nitrogens with two attached hydrogens (primary N) is 1. The molecule has 17 heavy (non-hydrogen) atoms. The van der Waals surface area contributed by atoms with Gasteiger partial charge < -0.3 is 10.5 Å². The van der Waals surface area contributed by atoms with Crippen molar-refractivity contribution in [2.45, 2.75) is 26.7 Å². The van der Waals surface area contributed by atoms with E-state index in [2.05, 4.69) is 29.8 Å². The van der Waals surface area contributed by atoms with Gasteiger partial charge in [-0.15, -0.1) is 0 Å². The van der Waals surface area contributed by atoms with Crippen LogP contribution in [0.4, 0.5) is 0 Å². The quantitative estimate of drug-likeness (QED) is 0.638. The zero-order chi connectivity index (χ0) is 12.8. The van der Waals surface area contributed by atoms with E-state index in [0.717, 1.165) is 34.7 Å². The molecule has 0 bridgehead atoms. The van der Waals surface area contributed by atoms with E-state index in [1.54, 1.807) is 0 Å². The van der Waals surface area contributed by atoms with Crippen LogP contribution in [0.5, 0.6) is 5.75 Å². The van der Waals surface area contributed by atoms with Crippen LogP contribution in [0.3, 0.4) is 0 Å². The fraction of sp³-hybridized carbons (Fsp3) is 0.462. The number of rotatable bonds is 6. The molecule has 1 aromatic rings. The van der Waals surface area contributed by atoms with Crippen molar-refractivity contribution in [3.05, 3.63) is 28.2 Å². The third-order valence-electron chi connectivity index (χ3n) is 2.40. The second-order valence-corrected chi connectivity index (χ2v) is 5.69. The highest BCUT2D eigenvalue weighted by Crippen LogP contribution is 2.26. The summed E-state index contributed by atoms with van der Waals surface area (Å²) in [4.78, 5) is 0.400. The fourth-order valence-corrected chi connectivity index (χ4v) is 2.07. The molecule has 0 aliphatic heterocycles. The second kappa shape index (κ2) is 6.97. The lowest BCUT2D eigenvalue weighted by atomic mass is 10.1. The fourth-order valence-electron chi connectivity index (χ4n) is 1.44. The van der Waals surface area contributed by atoms with E-state index in [1.165, 1.54) is 6.42 Å². The lowest BCUT2D eigenvalue weighted by Crippen LogP contribution is -2.09. The van der Waals surface area contributed by atoms with Crippen LogP contribution >= 0.6 is 28.1 Å². The molecule has 0 amide bonds. The Morgan fingerprint density at radius 3 is 2.71 bits per heavy atom. The Morgan fingerprint density at radius 1 is 1.47 bits per heavy atom. The number of hydrogen-bond acceptors (Lipinski definition) is 2. The van der Waals surface area contributed by atoms with Crippen molar-refractivity contribution in [2.24, 2.45) is 11.7 Å². The maximum Gasteiger partial charge on any atom is 0.133 e. The molecule has 0 fully saturated rings. The van der Waals surface area contributed by atoms with Gasteiger partial charge in [0.25, 0.3) is 0 Å². The summed E-state index contributed by atoms with van der Waals surface area (Å²) in [5, 5.41) is 0. The summed E-state index contributed by atoms with van der Waals surface area (Å²) in [5.41, 5.74) is 6.41. The molecule has 94 valence electrons. The van der Waals surface area contributed by atoms with Gasteiger partial charge in [0.2, 0.25) is 0 Å². The lowest BCUT2D eigenvalue weighted by Gasteiger charge is -2.10. The molecule has 0 saturated heterocycles. The van der Waals surface area contributed by atoms with Crippen LogP contribution in [0, 0.1) is 5.92 Å². The smallest absolute Gasteiger partial charge is 0.133 e. The van der Waals surface area contributed by atoms with Gasteiger partial charge in [0.05, 0.1) is 11.1 Å². The minimum atomic E-state index is 0.400. The third-order valence-corrected chi connectivity index (χ3v) is 3.26. The molecule has 1 aromatic carbocycles. The molecule has 0 aliphatic rings. The highest BCUT2D eigenvalue weighted by atomic mass is 79.9. The van der Waals surface area contributed by atoms with E-state index in [0.29, 0.717) is 4.99 Å². The van der Waals surface area contributed by atoms with Crippen LogP contribution in [-0.2, 0) is 0 Å². The van der Waals surface area contributed by atoms with Crippen molar-refractivity contribution in [1.82, 2.24) is 0 Å². The van der Waals surface area contributed by atoms with Gasteiger partial charge in [0.1, 0.15) is 10.7 Å². The van der Waals surface area contributed by atoms with Crippen molar-refractivity contribution < 1.29 is 4.74 Å². The average molecular weight is 316 g/mol. The highest BCUT2D eigenvalue weighted by Gasteiger charge is 2.04. The monoisotopic (exact) mass is 315 g/mol. The third kappa shape index (κ3) is 5.04. The first kappa shape index (κ1) is 14.5. The summed E-state index contributed by atoms with van der Waals surface area (Å²) in [6.45, 7) is 5.17. The summed E-state index contributed by atoms with van der Waals surface area (Å²) in [6.07, 6.45) is 2.25. The molecule has 1 rings (SSSR count). The number of ether oxygens (including phenoxy) is 1. The van der Waals surface area contributed by atoms with Gasteiger partial charge in [-0.2, -0.15) is 0 Å². The molecule has 0 unspecified atom stereocenters. The van der Waals surface area contributed by atoms with E-state index >= 15 is 0 Å². The largest absolute Gasteiger partial charge is 0.492 e. The van der Waals surface area contributed by atoms with Gasteiger partial charge in [-0.3, -0.25) is 0 Å². The van der Waals surface area contributed by atoms with Crippen molar-refractivity contribution in [1.29, 1.82) is 0 Å². The van der Waals surface area contributed by atoms with E-state index < -0.39 is 0 Å². The van der Waals surface area contributed by atoms with E-state index in [9.17, 15) is 0 Å². The Hall–Kier alpha value is -0.610. The topological polar surface area (TPSA) is 35.2 Å². The van der Waals surface area contributed by atoms with Crippen molar-refractivity contribution >= 4 is 33.1 Å². The SMILES string of the molecule is CC(C)CCCOc1ccc(C(N)=S)cc1Br. The van der Waals surface area contributed by atoms with Crippen molar-refractivity contribution in [3.8, 4) is 5.75 Å². The molecule has 2 nitrogen and oxygen atoms in total. The van der Waals surface area contributed by atoms with Gasteiger partial charge in [0.15, 0.2) is 0 Å². The predicted octanol–water partition coefficient (Wildman–Crippen LogP) is 3.90. The van der Waals surface area contributed by atoms with Crippen LogP contribution < -0.4 is 10.5 Å². The summed E-state index contributed by atoms with van der Waals surface area (Å²) < 4.78 is 6.59. The van der Waals surface area contributed by atoms with E-state index in [1.807, 2.05) is 18.2 Å². The molecular weight excluding hydrogens is 298 g/mol. The van der Waals surface area contributed by atoms with Gasteiger partial charge in [-0.05, 0) is 52.9 Å². The van der Waals surface area contributed by atoms with E-state index in [-0.39, 0.29) is 0 Å². The molecule has 0 saturated carbocycles. The Morgan fingerprint density at radius 2 is 2.18 bits per heavy atom. The van der Waals surface area contributed by atoms with Crippen LogP contribution in [-0.4, -0.2) is 11.6 Å².